The SMILES string of the molecule is CC(C)(C)c1ccc(CC(CSC2CCCC2)NN)cc1. The molecule has 0 aliphatic heterocycles. The van der Waals surface area contributed by atoms with Crippen LogP contribution in [0.3, 0.4) is 0 Å². The van der Waals surface area contributed by atoms with Gasteiger partial charge in [-0.1, -0.05) is 57.9 Å². The Labute approximate surface area is 134 Å². The van der Waals surface area contributed by atoms with E-state index in [4.69, 9.17) is 5.84 Å². The third-order valence-electron chi connectivity index (χ3n) is 4.37. The van der Waals surface area contributed by atoms with Crippen molar-refractivity contribution in [3.05, 3.63) is 35.4 Å². The van der Waals surface area contributed by atoms with Crippen LogP contribution in [-0.2, 0) is 11.8 Å². The lowest BCUT2D eigenvalue weighted by atomic mass is 9.86. The van der Waals surface area contributed by atoms with Gasteiger partial charge < -0.3 is 0 Å². The number of thioether (sulfide) groups is 1. The van der Waals surface area contributed by atoms with Crippen molar-refractivity contribution in [2.24, 2.45) is 5.84 Å². The standard InChI is InChI=1S/C18H30N2S/c1-18(2,3)15-10-8-14(9-11-15)12-16(20-19)13-21-17-6-4-5-7-17/h8-11,16-17,20H,4-7,12-13,19H2,1-3H3. The van der Waals surface area contributed by atoms with Gasteiger partial charge >= 0.3 is 0 Å². The first-order chi connectivity index (χ1) is 9.99. The molecule has 0 aromatic heterocycles. The first kappa shape index (κ1) is 16.9. The lowest BCUT2D eigenvalue weighted by Gasteiger charge is -2.21. The average molecular weight is 307 g/mol. The molecular formula is C18H30N2S. The molecule has 2 nitrogen and oxygen atoms in total. The highest BCUT2D eigenvalue weighted by atomic mass is 32.2. The zero-order chi connectivity index (χ0) is 15.3. The smallest absolute Gasteiger partial charge is 0.0341 e. The van der Waals surface area contributed by atoms with Crippen LogP contribution in [0, 0.1) is 0 Å². The molecular weight excluding hydrogens is 276 g/mol. The van der Waals surface area contributed by atoms with E-state index in [2.05, 4.69) is 62.2 Å². The van der Waals surface area contributed by atoms with E-state index in [0.717, 1.165) is 17.4 Å². The zero-order valence-electron chi connectivity index (χ0n) is 13.7. The molecule has 0 saturated heterocycles. The fraction of sp³-hybridized carbons (Fsp3) is 0.667. The second-order valence-corrected chi connectivity index (χ2v) is 8.59. The Hall–Kier alpha value is -0.510. The quantitative estimate of drug-likeness (QED) is 0.615. The van der Waals surface area contributed by atoms with Crippen LogP contribution in [0.15, 0.2) is 24.3 Å². The Morgan fingerprint density at radius 1 is 1.19 bits per heavy atom. The maximum absolute atomic E-state index is 5.74. The largest absolute Gasteiger partial charge is 0.271 e. The van der Waals surface area contributed by atoms with Crippen LogP contribution in [0.25, 0.3) is 0 Å². The van der Waals surface area contributed by atoms with Crippen molar-refractivity contribution in [3.63, 3.8) is 0 Å². The number of benzene rings is 1. The van der Waals surface area contributed by atoms with Crippen molar-refractivity contribution in [2.75, 3.05) is 5.75 Å². The molecule has 0 bridgehead atoms. The lowest BCUT2D eigenvalue weighted by molar-refractivity contribution is 0.572. The Morgan fingerprint density at radius 3 is 2.33 bits per heavy atom. The molecule has 0 spiro atoms. The van der Waals surface area contributed by atoms with Crippen molar-refractivity contribution in [2.45, 2.75) is 69.6 Å². The third-order valence-corrected chi connectivity index (χ3v) is 5.91. The van der Waals surface area contributed by atoms with Gasteiger partial charge in [-0.25, -0.2) is 0 Å². The van der Waals surface area contributed by atoms with Crippen molar-refractivity contribution in [3.8, 4) is 0 Å². The highest BCUT2D eigenvalue weighted by Crippen LogP contribution is 2.30. The molecule has 2 rings (SSSR count). The number of rotatable bonds is 6. The van der Waals surface area contributed by atoms with Crippen LogP contribution in [0.4, 0.5) is 0 Å². The molecule has 1 aromatic carbocycles. The Balaban J connectivity index is 1.85. The number of hydrogen-bond donors (Lipinski definition) is 2. The minimum absolute atomic E-state index is 0.225. The maximum atomic E-state index is 5.74. The van der Waals surface area contributed by atoms with E-state index >= 15 is 0 Å². The molecule has 1 atom stereocenters. The monoisotopic (exact) mass is 306 g/mol. The first-order valence-corrected chi connectivity index (χ1v) is 9.21. The molecule has 3 N–H and O–H groups in total. The Morgan fingerprint density at radius 2 is 1.81 bits per heavy atom. The molecule has 21 heavy (non-hydrogen) atoms. The molecule has 118 valence electrons. The summed E-state index contributed by atoms with van der Waals surface area (Å²) in [7, 11) is 0. The van der Waals surface area contributed by atoms with Gasteiger partial charge in [-0.3, -0.25) is 11.3 Å². The van der Waals surface area contributed by atoms with Crippen LogP contribution in [-0.4, -0.2) is 17.0 Å². The molecule has 1 fully saturated rings. The van der Waals surface area contributed by atoms with Crippen LogP contribution in [0.1, 0.15) is 57.6 Å². The van der Waals surface area contributed by atoms with Gasteiger partial charge in [0.15, 0.2) is 0 Å². The van der Waals surface area contributed by atoms with Crippen LogP contribution in [0.5, 0.6) is 0 Å². The summed E-state index contributed by atoms with van der Waals surface area (Å²) >= 11 is 2.10. The molecule has 3 heteroatoms. The molecule has 1 saturated carbocycles. The molecule has 0 radical (unpaired) electrons. The fourth-order valence-corrected chi connectivity index (χ4v) is 4.28. The average Bonchev–Trinajstić information content (AvgIpc) is 2.96. The number of nitrogens with one attached hydrogen (secondary N) is 1. The molecule has 0 heterocycles. The van der Waals surface area contributed by atoms with E-state index in [1.807, 2.05) is 0 Å². The molecule has 1 aliphatic carbocycles. The fourth-order valence-electron chi connectivity index (χ4n) is 2.90. The van der Waals surface area contributed by atoms with E-state index < -0.39 is 0 Å². The van der Waals surface area contributed by atoms with E-state index in [-0.39, 0.29) is 5.41 Å². The number of nitrogens with two attached hydrogens (primary N) is 1. The topological polar surface area (TPSA) is 38.0 Å². The van der Waals surface area contributed by atoms with Crippen LogP contribution >= 0.6 is 11.8 Å². The maximum Gasteiger partial charge on any atom is 0.0341 e. The van der Waals surface area contributed by atoms with Crippen molar-refractivity contribution < 1.29 is 0 Å². The number of hydrazine groups is 1. The minimum Gasteiger partial charge on any atom is -0.271 e. The van der Waals surface area contributed by atoms with E-state index in [1.54, 1.807) is 0 Å². The third kappa shape index (κ3) is 5.32. The number of hydrogen-bond acceptors (Lipinski definition) is 3. The van der Waals surface area contributed by atoms with Gasteiger partial charge in [0.1, 0.15) is 0 Å². The first-order valence-electron chi connectivity index (χ1n) is 8.16. The van der Waals surface area contributed by atoms with Gasteiger partial charge in [0.25, 0.3) is 0 Å². The van der Waals surface area contributed by atoms with Crippen LogP contribution < -0.4 is 11.3 Å². The normalized spacial score (nSPS) is 18.1. The van der Waals surface area contributed by atoms with E-state index in [0.29, 0.717) is 6.04 Å². The zero-order valence-corrected chi connectivity index (χ0v) is 14.5. The second-order valence-electron chi connectivity index (χ2n) is 7.25. The highest BCUT2D eigenvalue weighted by molar-refractivity contribution is 7.99. The van der Waals surface area contributed by atoms with Gasteiger partial charge in [-0.2, -0.15) is 11.8 Å². The molecule has 0 amide bonds. The Bertz CT molecular complexity index is 416. The van der Waals surface area contributed by atoms with Crippen LogP contribution in [0.2, 0.25) is 0 Å². The predicted octanol–water partition coefficient (Wildman–Crippen LogP) is 4.03. The summed E-state index contributed by atoms with van der Waals surface area (Å²) < 4.78 is 0. The van der Waals surface area contributed by atoms with Gasteiger partial charge in [0.2, 0.25) is 0 Å². The van der Waals surface area contributed by atoms with Crippen molar-refractivity contribution >= 4 is 11.8 Å². The summed E-state index contributed by atoms with van der Waals surface area (Å²) in [6.07, 6.45) is 6.62. The van der Waals surface area contributed by atoms with Gasteiger partial charge in [0.05, 0.1) is 0 Å². The predicted molar refractivity (Wildman–Crippen MR) is 94.7 cm³/mol. The summed E-state index contributed by atoms with van der Waals surface area (Å²) in [5.41, 5.74) is 5.99. The molecule has 1 aliphatic rings. The van der Waals surface area contributed by atoms with Gasteiger partial charge in [-0.05, 0) is 35.8 Å². The Kier molecular flexibility index (Phi) is 6.15. The van der Waals surface area contributed by atoms with E-state index in [9.17, 15) is 0 Å². The van der Waals surface area contributed by atoms with Gasteiger partial charge in [-0.15, -0.1) is 0 Å². The summed E-state index contributed by atoms with van der Waals surface area (Å²) in [6.45, 7) is 6.76. The summed E-state index contributed by atoms with van der Waals surface area (Å²) in [4.78, 5) is 0. The molecule has 1 aromatic rings. The van der Waals surface area contributed by atoms with Gasteiger partial charge in [0, 0.05) is 17.0 Å². The lowest BCUT2D eigenvalue weighted by Crippen LogP contribution is -2.39. The highest BCUT2D eigenvalue weighted by Gasteiger charge is 2.18. The second kappa shape index (κ2) is 7.66. The summed E-state index contributed by atoms with van der Waals surface area (Å²) in [5, 5.41) is 0.865. The van der Waals surface area contributed by atoms with Crippen molar-refractivity contribution in [1.29, 1.82) is 0 Å². The summed E-state index contributed by atoms with van der Waals surface area (Å²) in [5.74, 6) is 6.85. The molecule has 1 unspecified atom stereocenters. The van der Waals surface area contributed by atoms with E-state index in [1.165, 1.54) is 36.8 Å². The summed E-state index contributed by atoms with van der Waals surface area (Å²) in [6, 6.07) is 9.40. The minimum atomic E-state index is 0.225. The van der Waals surface area contributed by atoms with Crippen molar-refractivity contribution in [1.82, 2.24) is 5.43 Å².